The Morgan fingerprint density at radius 1 is 1.00 bits per heavy atom. The molecule has 6 heteroatoms. The van der Waals surface area contributed by atoms with Crippen LogP contribution >= 0.6 is 34.8 Å². The van der Waals surface area contributed by atoms with Crippen molar-refractivity contribution in [2.75, 3.05) is 0 Å². The average molecular weight is 392 g/mol. The Kier molecular flexibility index (Phi) is 4.19. The summed E-state index contributed by atoms with van der Waals surface area (Å²) in [5.74, 6) is -0.0616. The summed E-state index contributed by atoms with van der Waals surface area (Å²) in [7, 11) is 0. The van der Waals surface area contributed by atoms with Gasteiger partial charge in [0, 0.05) is 11.1 Å². The van der Waals surface area contributed by atoms with Crippen LogP contribution in [0.15, 0.2) is 48.5 Å². The number of aromatic nitrogens is 2. The number of hydrogen-bond donors (Lipinski definition) is 0. The predicted octanol–water partition coefficient (Wildman–Crippen LogP) is 5.56. The molecule has 0 N–H and O–H groups in total. The van der Waals surface area contributed by atoms with Gasteiger partial charge in [-0.25, -0.2) is 9.97 Å². The number of alkyl halides is 3. The van der Waals surface area contributed by atoms with E-state index in [1.807, 2.05) is 18.2 Å². The average Bonchev–Trinajstić information content (AvgIpc) is 2.64. The first kappa shape index (κ1) is 16.8. The van der Waals surface area contributed by atoms with Crippen LogP contribution in [-0.2, 0) is 4.33 Å². The molecule has 1 aromatic heterocycles. The summed E-state index contributed by atoms with van der Waals surface area (Å²) < 4.78 is -1.08. The summed E-state index contributed by atoms with van der Waals surface area (Å²) in [5, 5.41) is -0.286. The minimum Gasteiger partial charge on any atom is -0.289 e. The van der Waals surface area contributed by atoms with Crippen LogP contribution in [0.1, 0.15) is 45.5 Å². The highest BCUT2D eigenvalue weighted by atomic mass is 35.5. The van der Waals surface area contributed by atoms with Gasteiger partial charge < -0.3 is 0 Å². The van der Waals surface area contributed by atoms with Gasteiger partial charge in [0.25, 0.3) is 0 Å². The monoisotopic (exact) mass is 390 g/mol. The smallest absolute Gasteiger partial charge is 0.193 e. The van der Waals surface area contributed by atoms with Gasteiger partial charge in [0.05, 0.1) is 22.1 Å². The van der Waals surface area contributed by atoms with Crippen LogP contribution in [-0.4, -0.2) is 15.8 Å². The van der Waals surface area contributed by atoms with Gasteiger partial charge in [-0.1, -0.05) is 53.5 Å². The Labute approximate surface area is 159 Å². The Bertz CT molecular complexity index is 973. The molecule has 25 heavy (non-hydrogen) atoms. The molecule has 1 aliphatic rings. The number of halogens is 3. The normalized spacial score (nSPS) is 18.8. The molecule has 0 radical (unpaired) electrons. The summed E-state index contributed by atoms with van der Waals surface area (Å²) in [5.41, 5.74) is 3.53. The van der Waals surface area contributed by atoms with Crippen molar-refractivity contribution in [1.29, 1.82) is 0 Å². The molecule has 4 rings (SSSR count). The Hall–Kier alpha value is -1.68. The van der Waals surface area contributed by atoms with Gasteiger partial charge in [0.2, 0.25) is 0 Å². The van der Waals surface area contributed by atoms with Crippen molar-refractivity contribution in [3.8, 4) is 0 Å². The zero-order chi connectivity index (χ0) is 17.6. The molecule has 1 heterocycles. The van der Waals surface area contributed by atoms with Crippen molar-refractivity contribution in [2.45, 2.75) is 22.6 Å². The Balaban J connectivity index is 1.83. The molecule has 0 bridgehead atoms. The van der Waals surface area contributed by atoms with Gasteiger partial charge in [-0.3, -0.25) is 4.79 Å². The van der Waals surface area contributed by atoms with E-state index in [0.29, 0.717) is 46.4 Å². The molecule has 0 amide bonds. The van der Waals surface area contributed by atoms with Crippen LogP contribution < -0.4 is 0 Å². The minimum absolute atomic E-state index is 0.0616. The van der Waals surface area contributed by atoms with E-state index < -0.39 is 4.33 Å². The molecule has 2 aromatic carbocycles. The van der Waals surface area contributed by atoms with Gasteiger partial charge in [0.1, 0.15) is 5.69 Å². The van der Waals surface area contributed by atoms with E-state index in [2.05, 4.69) is 9.97 Å². The maximum Gasteiger partial charge on any atom is 0.193 e. The van der Waals surface area contributed by atoms with E-state index >= 15 is 0 Å². The first-order chi connectivity index (χ1) is 12.0. The van der Waals surface area contributed by atoms with Gasteiger partial charge in [-0.05, 0) is 31.0 Å². The molecule has 0 fully saturated rings. The van der Waals surface area contributed by atoms with Gasteiger partial charge in [0.15, 0.2) is 10.1 Å². The van der Waals surface area contributed by atoms with Crippen LogP contribution in [0, 0.1) is 0 Å². The Morgan fingerprint density at radius 3 is 2.52 bits per heavy atom. The highest BCUT2D eigenvalue weighted by Crippen LogP contribution is 2.48. The fourth-order valence-electron chi connectivity index (χ4n) is 3.02. The number of benzene rings is 2. The molecule has 1 atom stereocenters. The summed E-state index contributed by atoms with van der Waals surface area (Å²) in [6, 6.07) is 14.4. The first-order valence-electron chi connectivity index (χ1n) is 7.89. The quantitative estimate of drug-likeness (QED) is 0.424. The molecule has 3 nitrogen and oxygen atoms in total. The lowest BCUT2D eigenvalue weighted by Gasteiger charge is -2.29. The summed E-state index contributed by atoms with van der Waals surface area (Å²) >= 11 is 19.1. The van der Waals surface area contributed by atoms with E-state index in [9.17, 15) is 4.79 Å². The molecule has 0 saturated heterocycles. The van der Waals surface area contributed by atoms with Crippen LogP contribution in [0.5, 0.6) is 0 Å². The van der Waals surface area contributed by atoms with Crippen molar-refractivity contribution in [3.05, 3.63) is 71.0 Å². The number of ketones is 1. The third kappa shape index (κ3) is 3.01. The van der Waals surface area contributed by atoms with E-state index in [1.165, 1.54) is 0 Å². The zero-order valence-electron chi connectivity index (χ0n) is 13.0. The standard InChI is InChI=1S/C19H13Cl3N2O/c20-13-8-9-19(21,22)18-16(13)23-15-10-12(6-7-14(15)24-18)17(25)11-4-2-1-3-5-11/h1-7,10,13H,8-9H2. The van der Waals surface area contributed by atoms with Gasteiger partial charge in [-0.15, -0.1) is 11.6 Å². The summed E-state index contributed by atoms with van der Waals surface area (Å²) in [6.07, 6.45) is 1.16. The number of fused-ring (bicyclic) bond motifs is 2. The molecule has 126 valence electrons. The maximum atomic E-state index is 12.6. The van der Waals surface area contributed by atoms with E-state index in [-0.39, 0.29) is 11.2 Å². The minimum atomic E-state index is -1.08. The van der Waals surface area contributed by atoms with Gasteiger partial charge >= 0.3 is 0 Å². The van der Waals surface area contributed by atoms with Crippen LogP contribution in [0.3, 0.4) is 0 Å². The van der Waals surface area contributed by atoms with Crippen molar-refractivity contribution >= 4 is 51.6 Å². The molecule has 0 aliphatic heterocycles. The van der Waals surface area contributed by atoms with Crippen molar-refractivity contribution in [1.82, 2.24) is 9.97 Å². The van der Waals surface area contributed by atoms with Crippen LogP contribution in [0.4, 0.5) is 0 Å². The van der Waals surface area contributed by atoms with Crippen molar-refractivity contribution in [2.24, 2.45) is 0 Å². The van der Waals surface area contributed by atoms with Crippen molar-refractivity contribution in [3.63, 3.8) is 0 Å². The largest absolute Gasteiger partial charge is 0.289 e. The maximum absolute atomic E-state index is 12.6. The second-order valence-electron chi connectivity index (χ2n) is 6.07. The number of nitrogens with zero attached hydrogens (tertiary/aromatic N) is 2. The van der Waals surface area contributed by atoms with E-state index in [4.69, 9.17) is 34.8 Å². The molecule has 1 unspecified atom stereocenters. The number of hydrogen-bond acceptors (Lipinski definition) is 3. The number of carbonyl (C=O) groups is 1. The van der Waals surface area contributed by atoms with Crippen molar-refractivity contribution < 1.29 is 4.79 Å². The second-order valence-corrected chi connectivity index (χ2v) is 8.08. The fourth-order valence-corrected chi connectivity index (χ4v) is 3.77. The SMILES string of the molecule is O=C(c1ccccc1)c1ccc2nc3c(nc2c1)C(Cl)CCC3(Cl)Cl. The lowest BCUT2D eigenvalue weighted by Crippen LogP contribution is -2.23. The third-order valence-corrected chi connectivity index (χ3v) is 5.51. The molecular formula is C19H13Cl3N2O. The second kappa shape index (κ2) is 6.24. The lowest BCUT2D eigenvalue weighted by atomic mass is 9.98. The predicted molar refractivity (Wildman–Crippen MR) is 101 cm³/mol. The summed E-state index contributed by atoms with van der Waals surface area (Å²) in [4.78, 5) is 21.8. The van der Waals surface area contributed by atoms with E-state index in [0.717, 1.165) is 0 Å². The molecular weight excluding hydrogens is 379 g/mol. The number of carbonyl (C=O) groups excluding carboxylic acids is 1. The fraction of sp³-hybridized carbons (Fsp3) is 0.211. The van der Waals surface area contributed by atoms with E-state index in [1.54, 1.807) is 30.3 Å². The lowest BCUT2D eigenvalue weighted by molar-refractivity contribution is 0.103. The molecule has 1 aliphatic carbocycles. The molecule has 0 saturated carbocycles. The van der Waals surface area contributed by atoms with Crippen LogP contribution in [0.25, 0.3) is 11.0 Å². The first-order valence-corrected chi connectivity index (χ1v) is 9.09. The molecule has 3 aromatic rings. The van der Waals surface area contributed by atoms with Crippen LogP contribution in [0.2, 0.25) is 0 Å². The number of rotatable bonds is 2. The highest BCUT2D eigenvalue weighted by molar-refractivity contribution is 6.48. The highest BCUT2D eigenvalue weighted by Gasteiger charge is 2.39. The Morgan fingerprint density at radius 2 is 1.76 bits per heavy atom. The zero-order valence-corrected chi connectivity index (χ0v) is 15.3. The third-order valence-electron chi connectivity index (χ3n) is 4.34. The topological polar surface area (TPSA) is 42.9 Å². The van der Waals surface area contributed by atoms with Gasteiger partial charge in [-0.2, -0.15) is 0 Å². The summed E-state index contributed by atoms with van der Waals surface area (Å²) in [6.45, 7) is 0. The molecule has 0 spiro atoms.